The quantitative estimate of drug-likeness (QED) is 0.643. The fourth-order valence-electron chi connectivity index (χ4n) is 3.14. The molecule has 2 aromatic carbocycles. The van der Waals surface area contributed by atoms with E-state index in [0.29, 0.717) is 24.9 Å². The average molecular weight is 415 g/mol. The maximum atomic E-state index is 12.3. The maximum absolute atomic E-state index is 12.3. The van der Waals surface area contributed by atoms with Crippen molar-refractivity contribution >= 4 is 27.0 Å². The number of nitrogens with one attached hydrogen (secondary N) is 1. The monoisotopic (exact) mass is 414 g/mol. The van der Waals surface area contributed by atoms with E-state index in [9.17, 15) is 13.2 Å². The smallest absolute Gasteiger partial charge is 0.242 e. The number of carbonyl (C=O) groups is 1. The molecule has 0 atom stereocenters. The Morgan fingerprint density at radius 1 is 1.17 bits per heavy atom. The van der Waals surface area contributed by atoms with E-state index in [4.69, 9.17) is 0 Å². The fourth-order valence-corrected chi connectivity index (χ4v) is 4.06. The summed E-state index contributed by atoms with van der Waals surface area (Å²) in [6, 6.07) is 12.9. The molecule has 0 aliphatic carbocycles. The molecule has 3 rings (SSSR count). The van der Waals surface area contributed by atoms with Crippen molar-refractivity contribution in [2.45, 2.75) is 31.2 Å². The fraction of sp³-hybridized carbons (Fsp3) is 0.333. The van der Waals surface area contributed by atoms with Gasteiger partial charge in [-0.1, -0.05) is 24.3 Å². The van der Waals surface area contributed by atoms with Crippen LogP contribution >= 0.6 is 0 Å². The van der Waals surface area contributed by atoms with Crippen molar-refractivity contribution in [1.29, 1.82) is 0 Å². The number of rotatable bonds is 7. The molecule has 0 aliphatic heterocycles. The van der Waals surface area contributed by atoms with E-state index in [1.165, 1.54) is 18.4 Å². The molecule has 154 valence electrons. The zero-order chi connectivity index (χ0) is 21.2. The molecule has 1 aromatic heterocycles. The molecule has 1 heterocycles. The largest absolute Gasteiger partial charge is 0.352 e. The third-order valence-electron chi connectivity index (χ3n) is 5.04. The lowest BCUT2D eigenvalue weighted by Crippen LogP contribution is -2.23. The highest BCUT2D eigenvalue weighted by atomic mass is 32.2. The summed E-state index contributed by atoms with van der Waals surface area (Å²) in [7, 11) is 1.35. The SMILES string of the molecule is Cc1ccccc1CNC(=O)CCc1nc2cc(S(=O)(=O)N(C)C)ccc2n1C. The van der Waals surface area contributed by atoms with Gasteiger partial charge in [-0.25, -0.2) is 17.7 Å². The molecular weight excluding hydrogens is 388 g/mol. The zero-order valence-corrected chi connectivity index (χ0v) is 18.0. The van der Waals surface area contributed by atoms with Gasteiger partial charge in [-0.2, -0.15) is 0 Å². The highest BCUT2D eigenvalue weighted by Gasteiger charge is 2.19. The number of benzene rings is 2. The maximum Gasteiger partial charge on any atom is 0.242 e. The molecule has 0 spiro atoms. The van der Waals surface area contributed by atoms with Crippen molar-refractivity contribution in [2.24, 2.45) is 7.05 Å². The van der Waals surface area contributed by atoms with Gasteiger partial charge in [-0.05, 0) is 36.2 Å². The topological polar surface area (TPSA) is 84.3 Å². The summed E-state index contributed by atoms with van der Waals surface area (Å²) in [5.41, 5.74) is 3.67. The van der Waals surface area contributed by atoms with E-state index in [2.05, 4.69) is 10.3 Å². The summed E-state index contributed by atoms with van der Waals surface area (Å²) in [5, 5.41) is 2.94. The second-order valence-corrected chi connectivity index (χ2v) is 9.38. The van der Waals surface area contributed by atoms with Gasteiger partial charge in [0, 0.05) is 40.5 Å². The van der Waals surface area contributed by atoms with Crippen LogP contribution in [0.4, 0.5) is 0 Å². The summed E-state index contributed by atoms with van der Waals surface area (Å²) < 4.78 is 27.7. The lowest BCUT2D eigenvalue weighted by molar-refractivity contribution is -0.121. The molecule has 0 saturated heterocycles. The molecule has 0 unspecified atom stereocenters. The Balaban J connectivity index is 1.69. The van der Waals surface area contributed by atoms with Crippen LogP contribution in [0.5, 0.6) is 0 Å². The molecule has 0 aliphatic rings. The van der Waals surface area contributed by atoms with Gasteiger partial charge >= 0.3 is 0 Å². The summed E-state index contributed by atoms with van der Waals surface area (Å²) in [6.45, 7) is 2.52. The van der Waals surface area contributed by atoms with Crippen LogP contribution in [0.25, 0.3) is 11.0 Å². The van der Waals surface area contributed by atoms with Crippen LogP contribution in [0, 0.1) is 6.92 Å². The number of hydrogen-bond acceptors (Lipinski definition) is 4. The molecule has 0 fully saturated rings. The molecule has 0 saturated carbocycles. The van der Waals surface area contributed by atoms with Gasteiger partial charge in [0.15, 0.2) is 0 Å². The summed E-state index contributed by atoms with van der Waals surface area (Å²) in [5.74, 6) is 0.696. The molecule has 0 bridgehead atoms. The summed E-state index contributed by atoms with van der Waals surface area (Å²) in [4.78, 5) is 17.0. The number of imidazole rings is 1. The van der Waals surface area contributed by atoms with Gasteiger partial charge in [-0.3, -0.25) is 4.79 Å². The molecular formula is C21H26N4O3S. The molecule has 29 heavy (non-hydrogen) atoms. The Hall–Kier alpha value is -2.71. The van der Waals surface area contributed by atoms with E-state index in [0.717, 1.165) is 22.5 Å². The first-order valence-electron chi connectivity index (χ1n) is 9.39. The minimum Gasteiger partial charge on any atom is -0.352 e. The molecule has 7 nitrogen and oxygen atoms in total. The number of aromatic nitrogens is 2. The second kappa shape index (κ2) is 8.34. The van der Waals surface area contributed by atoms with Crippen molar-refractivity contribution < 1.29 is 13.2 Å². The number of amides is 1. The van der Waals surface area contributed by atoms with Gasteiger partial charge in [0.25, 0.3) is 0 Å². The van der Waals surface area contributed by atoms with Crippen molar-refractivity contribution in [3.05, 3.63) is 59.4 Å². The molecule has 1 N–H and O–H groups in total. The van der Waals surface area contributed by atoms with Gasteiger partial charge < -0.3 is 9.88 Å². The number of nitrogens with zero attached hydrogens (tertiary/aromatic N) is 3. The predicted molar refractivity (Wildman–Crippen MR) is 113 cm³/mol. The Kier molecular flexibility index (Phi) is 6.04. The zero-order valence-electron chi connectivity index (χ0n) is 17.1. The normalized spacial score (nSPS) is 11.9. The number of hydrogen-bond donors (Lipinski definition) is 1. The van der Waals surface area contributed by atoms with Crippen molar-refractivity contribution in [3.63, 3.8) is 0 Å². The number of fused-ring (bicyclic) bond motifs is 1. The van der Waals surface area contributed by atoms with Crippen LogP contribution < -0.4 is 5.32 Å². The van der Waals surface area contributed by atoms with Gasteiger partial charge in [-0.15, -0.1) is 0 Å². The first-order valence-corrected chi connectivity index (χ1v) is 10.8. The predicted octanol–water partition coefficient (Wildman–Crippen LogP) is 2.38. The van der Waals surface area contributed by atoms with Gasteiger partial charge in [0.2, 0.25) is 15.9 Å². The summed E-state index contributed by atoms with van der Waals surface area (Å²) in [6.07, 6.45) is 0.784. The number of carbonyl (C=O) groups excluding carboxylic acids is 1. The minimum atomic E-state index is -3.51. The first kappa shape index (κ1) is 21.0. The number of aryl methyl sites for hydroxylation is 3. The molecule has 8 heteroatoms. The molecule has 3 aromatic rings. The van der Waals surface area contributed by atoms with E-state index in [-0.39, 0.29) is 10.8 Å². The van der Waals surface area contributed by atoms with E-state index < -0.39 is 10.0 Å². The Morgan fingerprint density at radius 2 is 1.90 bits per heavy atom. The van der Waals surface area contributed by atoms with Crippen LogP contribution in [-0.2, 0) is 34.8 Å². The van der Waals surface area contributed by atoms with E-state index in [1.807, 2.05) is 42.8 Å². The van der Waals surface area contributed by atoms with Crippen molar-refractivity contribution in [3.8, 4) is 0 Å². The second-order valence-electron chi connectivity index (χ2n) is 7.23. The highest BCUT2D eigenvalue weighted by molar-refractivity contribution is 7.89. The van der Waals surface area contributed by atoms with Crippen LogP contribution in [0.2, 0.25) is 0 Å². The minimum absolute atomic E-state index is 0.0452. The van der Waals surface area contributed by atoms with E-state index >= 15 is 0 Å². The Labute approximate surface area is 171 Å². The van der Waals surface area contributed by atoms with Crippen LogP contribution in [0.15, 0.2) is 47.4 Å². The summed E-state index contributed by atoms with van der Waals surface area (Å²) >= 11 is 0. The van der Waals surface area contributed by atoms with E-state index in [1.54, 1.807) is 18.2 Å². The average Bonchev–Trinajstić information content (AvgIpc) is 3.00. The lowest BCUT2D eigenvalue weighted by Gasteiger charge is -2.10. The van der Waals surface area contributed by atoms with Crippen molar-refractivity contribution in [2.75, 3.05) is 14.1 Å². The van der Waals surface area contributed by atoms with Crippen LogP contribution in [-0.4, -0.2) is 42.3 Å². The van der Waals surface area contributed by atoms with Gasteiger partial charge in [0.1, 0.15) is 5.82 Å². The van der Waals surface area contributed by atoms with Crippen LogP contribution in [0.1, 0.15) is 23.4 Å². The molecule has 1 amide bonds. The van der Waals surface area contributed by atoms with Crippen molar-refractivity contribution in [1.82, 2.24) is 19.2 Å². The Bertz CT molecular complexity index is 1150. The Morgan fingerprint density at radius 3 is 2.59 bits per heavy atom. The standard InChI is InChI=1S/C21H26N4O3S/c1-15-7-5-6-8-16(15)14-22-21(26)12-11-20-23-18-13-17(29(27,28)24(2)3)9-10-19(18)25(20)4/h5-10,13H,11-12,14H2,1-4H3,(H,22,26). The van der Waals surface area contributed by atoms with Crippen LogP contribution in [0.3, 0.4) is 0 Å². The van der Waals surface area contributed by atoms with Gasteiger partial charge in [0.05, 0.1) is 15.9 Å². The third kappa shape index (κ3) is 4.49. The number of sulfonamides is 1. The highest BCUT2D eigenvalue weighted by Crippen LogP contribution is 2.21. The lowest BCUT2D eigenvalue weighted by atomic mass is 10.1. The third-order valence-corrected chi connectivity index (χ3v) is 6.85. The first-order chi connectivity index (χ1) is 13.7. The molecule has 0 radical (unpaired) electrons.